The van der Waals surface area contributed by atoms with Gasteiger partial charge in [-0.2, -0.15) is 0 Å². The van der Waals surface area contributed by atoms with Gasteiger partial charge in [0.25, 0.3) is 0 Å². The van der Waals surface area contributed by atoms with E-state index in [4.69, 9.17) is 23.2 Å². The Morgan fingerprint density at radius 2 is 2.00 bits per heavy atom. The summed E-state index contributed by atoms with van der Waals surface area (Å²) in [6.45, 7) is 6.31. The quantitative estimate of drug-likeness (QED) is 0.777. The van der Waals surface area contributed by atoms with E-state index in [1.54, 1.807) is 0 Å². The Kier molecular flexibility index (Phi) is 4.62. The molecule has 0 amide bonds. The first-order valence-electron chi connectivity index (χ1n) is 6.68. The van der Waals surface area contributed by atoms with Crippen LogP contribution in [0.15, 0.2) is 18.2 Å². The van der Waals surface area contributed by atoms with Crippen LogP contribution in [0.1, 0.15) is 19.7 Å². The lowest BCUT2D eigenvalue weighted by Gasteiger charge is -2.29. The van der Waals surface area contributed by atoms with Crippen molar-refractivity contribution in [2.24, 2.45) is 5.41 Å². The average Bonchev–Trinajstić information content (AvgIpc) is 2.66. The first-order chi connectivity index (χ1) is 9.34. The third-order valence-corrected chi connectivity index (χ3v) is 3.79. The SMILES string of the molecule is CN(C)CC(C)(C)Cn1c(CCl)nc2cccc(Cl)c21. The molecule has 0 bridgehead atoms. The number of para-hydroxylation sites is 1. The number of alkyl halides is 1. The molecule has 0 saturated heterocycles. The van der Waals surface area contributed by atoms with Crippen molar-refractivity contribution in [2.75, 3.05) is 20.6 Å². The van der Waals surface area contributed by atoms with Gasteiger partial charge in [0.05, 0.1) is 21.9 Å². The summed E-state index contributed by atoms with van der Waals surface area (Å²) >= 11 is 12.4. The zero-order valence-corrected chi connectivity index (χ0v) is 14.0. The Bertz CT molecular complexity index is 602. The van der Waals surface area contributed by atoms with E-state index in [-0.39, 0.29) is 5.41 Å². The Balaban J connectivity index is 2.47. The van der Waals surface area contributed by atoms with Crippen LogP contribution in [0.2, 0.25) is 5.02 Å². The normalized spacial score (nSPS) is 12.6. The van der Waals surface area contributed by atoms with E-state index in [1.807, 2.05) is 18.2 Å². The molecule has 1 aromatic carbocycles. The minimum atomic E-state index is 0.108. The molecule has 0 fully saturated rings. The van der Waals surface area contributed by atoms with Gasteiger partial charge >= 0.3 is 0 Å². The molecular weight excluding hydrogens is 293 g/mol. The van der Waals surface area contributed by atoms with E-state index in [9.17, 15) is 0 Å². The van der Waals surface area contributed by atoms with Crippen molar-refractivity contribution >= 4 is 34.2 Å². The zero-order valence-electron chi connectivity index (χ0n) is 12.5. The van der Waals surface area contributed by atoms with Crippen molar-refractivity contribution in [1.29, 1.82) is 0 Å². The smallest absolute Gasteiger partial charge is 0.124 e. The first kappa shape index (κ1) is 15.6. The van der Waals surface area contributed by atoms with Crippen LogP contribution in [0, 0.1) is 5.41 Å². The van der Waals surface area contributed by atoms with Gasteiger partial charge in [0.15, 0.2) is 0 Å². The lowest BCUT2D eigenvalue weighted by atomic mass is 9.92. The van der Waals surface area contributed by atoms with Crippen molar-refractivity contribution in [3.63, 3.8) is 0 Å². The van der Waals surface area contributed by atoms with Crippen LogP contribution in [0.5, 0.6) is 0 Å². The van der Waals surface area contributed by atoms with Gasteiger partial charge in [0.2, 0.25) is 0 Å². The molecule has 2 rings (SSSR count). The molecule has 0 aliphatic rings. The summed E-state index contributed by atoms with van der Waals surface area (Å²) in [5.41, 5.74) is 2.00. The van der Waals surface area contributed by atoms with Crippen molar-refractivity contribution in [3.8, 4) is 0 Å². The molecule has 0 saturated carbocycles. The number of benzene rings is 1. The van der Waals surface area contributed by atoms with Crippen LogP contribution >= 0.6 is 23.2 Å². The molecule has 3 nitrogen and oxygen atoms in total. The summed E-state index contributed by atoms with van der Waals surface area (Å²) in [6.07, 6.45) is 0. The average molecular weight is 314 g/mol. The predicted octanol–water partition coefficient (Wildman–Crippen LogP) is 4.02. The molecule has 0 N–H and O–H groups in total. The fourth-order valence-corrected chi connectivity index (χ4v) is 3.27. The summed E-state index contributed by atoms with van der Waals surface area (Å²) in [7, 11) is 4.17. The lowest BCUT2D eigenvalue weighted by Crippen LogP contribution is -2.32. The second kappa shape index (κ2) is 5.92. The van der Waals surface area contributed by atoms with E-state index in [2.05, 4.69) is 42.4 Å². The van der Waals surface area contributed by atoms with E-state index in [1.165, 1.54) is 0 Å². The highest BCUT2D eigenvalue weighted by atomic mass is 35.5. The van der Waals surface area contributed by atoms with Gasteiger partial charge in [-0.05, 0) is 31.6 Å². The molecule has 0 atom stereocenters. The standard InChI is InChI=1S/C15H21Cl2N3/c1-15(2,9-19(3)4)10-20-13(8-16)18-12-7-5-6-11(17)14(12)20/h5-7H,8-10H2,1-4H3. The Morgan fingerprint density at radius 3 is 2.60 bits per heavy atom. The van der Waals surface area contributed by atoms with Crippen LogP contribution in [0.3, 0.4) is 0 Å². The Hall–Kier alpha value is -0.770. The topological polar surface area (TPSA) is 21.1 Å². The maximum Gasteiger partial charge on any atom is 0.124 e. The molecular formula is C15H21Cl2N3. The van der Waals surface area contributed by atoms with Crippen LogP contribution in [-0.2, 0) is 12.4 Å². The third-order valence-electron chi connectivity index (χ3n) is 3.25. The van der Waals surface area contributed by atoms with E-state index in [0.29, 0.717) is 5.88 Å². The lowest BCUT2D eigenvalue weighted by molar-refractivity contribution is 0.212. The molecule has 5 heteroatoms. The number of fused-ring (bicyclic) bond motifs is 1. The van der Waals surface area contributed by atoms with Crippen molar-refractivity contribution in [2.45, 2.75) is 26.3 Å². The molecule has 0 unspecified atom stereocenters. The monoisotopic (exact) mass is 313 g/mol. The van der Waals surface area contributed by atoms with Gasteiger partial charge in [-0.25, -0.2) is 4.98 Å². The van der Waals surface area contributed by atoms with E-state index < -0.39 is 0 Å². The highest BCUT2D eigenvalue weighted by molar-refractivity contribution is 6.35. The van der Waals surface area contributed by atoms with Crippen molar-refractivity contribution in [3.05, 3.63) is 29.0 Å². The summed E-state index contributed by atoms with van der Waals surface area (Å²) in [4.78, 5) is 6.78. The van der Waals surface area contributed by atoms with Gasteiger partial charge in [0, 0.05) is 13.1 Å². The minimum absolute atomic E-state index is 0.108. The Morgan fingerprint density at radius 1 is 1.30 bits per heavy atom. The molecule has 0 spiro atoms. The number of halogens is 2. The molecule has 110 valence electrons. The number of nitrogens with zero attached hydrogens (tertiary/aromatic N) is 3. The van der Waals surface area contributed by atoms with Crippen LogP contribution in [0.25, 0.3) is 11.0 Å². The van der Waals surface area contributed by atoms with Gasteiger partial charge in [-0.15, -0.1) is 11.6 Å². The maximum atomic E-state index is 6.35. The molecule has 0 aliphatic heterocycles. The van der Waals surface area contributed by atoms with E-state index in [0.717, 1.165) is 35.0 Å². The zero-order chi connectivity index (χ0) is 14.9. The second-order valence-corrected chi connectivity index (χ2v) is 6.93. The summed E-state index contributed by atoms with van der Waals surface area (Å²) < 4.78 is 2.16. The number of hydrogen-bond acceptors (Lipinski definition) is 2. The summed E-state index contributed by atoms with van der Waals surface area (Å²) in [6, 6.07) is 5.80. The van der Waals surface area contributed by atoms with E-state index >= 15 is 0 Å². The maximum absolute atomic E-state index is 6.35. The molecule has 0 aliphatic carbocycles. The van der Waals surface area contributed by atoms with Gasteiger partial charge in [-0.3, -0.25) is 0 Å². The summed E-state index contributed by atoms with van der Waals surface area (Å²) in [5.74, 6) is 1.27. The van der Waals surface area contributed by atoms with Crippen LogP contribution < -0.4 is 0 Å². The Labute approximate surface area is 130 Å². The van der Waals surface area contributed by atoms with Crippen LogP contribution in [-0.4, -0.2) is 35.1 Å². The molecule has 20 heavy (non-hydrogen) atoms. The van der Waals surface area contributed by atoms with Crippen molar-refractivity contribution < 1.29 is 0 Å². The first-order valence-corrected chi connectivity index (χ1v) is 7.59. The fourth-order valence-electron chi connectivity index (χ4n) is 2.80. The fraction of sp³-hybridized carbons (Fsp3) is 0.533. The number of imidazole rings is 1. The van der Waals surface area contributed by atoms with Gasteiger partial charge < -0.3 is 9.47 Å². The molecule has 1 aromatic heterocycles. The number of rotatable bonds is 5. The molecule has 1 heterocycles. The number of hydrogen-bond donors (Lipinski definition) is 0. The minimum Gasteiger partial charge on any atom is -0.325 e. The van der Waals surface area contributed by atoms with Crippen LogP contribution in [0.4, 0.5) is 0 Å². The summed E-state index contributed by atoms with van der Waals surface area (Å²) in [5, 5.41) is 0.729. The molecule has 2 aromatic rings. The highest BCUT2D eigenvalue weighted by Gasteiger charge is 2.23. The van der Waals surface area contributed by atoms with Gasteiger partial charge in [-0.1, -0.05) is 31.5 Å². The molecule has 0 radical (unpaired) electrons. The number of aromatic nitrogens is 2. The largest absolute Gasteiger partial charge is 0.325 e. The predicted molar refractivity (Wildman–Crippen MR) is 86.6 cm³/mol. The van der Waals surface area contributed by atoms with Crippen molar-refractivity contribution in [1.82, 2.24) is 14.5 Å². The second-order valence-electron chi connectivity index (χ2n) is 6.26. The highest BCUT2D eigenvalue weighted by Crippen LogP contribution is 2.29. The third kappa shape index (κ3) is 3.27. The van der Waals surface area contributed by atoms with Gasteiger partial charge in [0.1, 0.15) is 5.82 Å².